The third-order valence-corrected chi connectivity index (χ3v) is 4.20. The number of carbonyl (C=O) groups is 2. The quantitative estimate of drug-likeness (QED) is 0.812. The van der Waals surface area contributed by atoms with Gasteiger partial charge in [-0.05, 0) is 19.1 Å². The second-order valence-corrected chi connectivity index (χ2v) is 6.30. The first-order chi connectivity index (χ1) is 12.1. The molecule has 0 unspecified atom stereocenters. The summed E-state index contributed by atoms with van der Waals surface area (Å²) in [6.07, 6.45) is -1.36. The lowest BCUT2D eigenvalue weighted by Gasteiger charge is -2.23. The summed E-state index contributed by atoms with van der Waals surface area (Å²) in [5.74, 6) is 0.971. The summed E-state index contributed by atoms with van der Waals surface area (Å²) in [7, 11) is 1.18. The van der Waals surface area contributed by atoms with E-state index >= 15 is 0 Å². The van der Waals surface area contributed by atoms with Gasteiger partial charge in [-0.2, -0.15) is 0 Å². The average Bonchev–Trinajstić information content (AvgIpc) is 3.09. The highest BCUT2D eigenvalue weighted by molar-refractivity contribution is 8.00. The van der Waals surface area contributed by atoms with Gasteiger partial charge in [-0.25, -0.2) is 4.79 Å². The molecule has 0 saturated carbocycles. The van der Waals surface area contributed by atoms with Gasteiger partial charge in [0.2, 0.25) is 12.0 Å². The number of para-hydroxylation sites is 2. The molecule has 2 atom stereocenters. The van der Waals surface area contributed by atoms with Crippen molar-refractivity contribution < 1.29 is 28.2 Å². The number of alkyl carbamates (subject to hydrolysis) is 1. The van der Waals surface area contributed by atoms with Crippen LogP contribution in [0.25, 0.3) is 0 Å². The zero-order valence-corrected chi connectivity index (χ0v) is 14.2. The second kappa shape index (κ2) is 7.43. The number of rotatable bonds is 4. The molecule has 25 heavy (non-hydrogen) atoms. The molecule has 1 N–H and O–H groups in total. The SMILES string of the molecule is COC(=O)NC(=O)[C@@H](C)Sc1nnc([C@@H]2COc3ccccc3O2)o1. The largest absolute Gasteiger partial charge is 0.485 e. The van der Waals surface area contributed by atoms with E-state index in [0.717, 1.165) is 11.8 Å². The standard InChI is InChI=1S/C15H15N3O6S/c1-8(12(19)16-14(20)21-2)25-15-18-17-13(24-15)11-7-22-9-5-3-4-6-10(9)23-11/h3-6,8,11H,7H2,1-2H3,(H,16,19,20)/t8-,11+/m1/s1. The van der Waals surface area contributed by atoms with Crippen LogP contribution in [0.4, 0.5) is 4.79 Å². The summed E-state index contributed by atoms with van der Waals surface area (Å²) in [5, 5.41) is 9.45. The van der Waals surface area contributed by atoms with Crippen molar-refractivity contribution in [3.63, 3.8) is 0 Å². The lowest BCUT2D eigenvalue weighted by molar-refractivity contribution is -0.119. The molecule has 1 aliphatic heterocycles. The molecule has 132 valence electrons. The molecule has 0 bridgehead atoms. The number of carbonyl (C=O) groups excluding carboxylic acids is 2. The molecule has 2 amide bonds. The van der Waals surface area contributed by atoms with Crippen molar-refractivity contribution in [1.29, 1.82) is 0 Å². The van der Waals surface area contributed by atoms with Gasteiger partial charge in [-0.15, -0.1) is 10.2 Å². The number of hydrogen-bond acceptors (Lipinski definition) is 9. The van der Waals surface area contributed by atoms with Crippen LogP contribution in [0.1, 0.15) is 18.9 Å². The van der Waals surface area contributed by atoms with E-state index in [1.165, 1.54) is 7.11 Å². The predicted molar refractivity (Wildman–Crippen MR) is 85.5 cm³/mol. The van der Waals surface area contributed by atoms with Crippen molar-refractivity contribution in [2.75, 3.05) is 13.7 Å². The fourth-order valence-corrected chi connectivity index (χ4v) is 2.69. The normalized spacial score (nSPS) is 16.8. The van der Waals surface area contributed by atoms with E-state index in [0.29, 0.717) is 11.5 Å². The third-order valence-electron chi connectivity index (χ3n) is 3.26. The van der Waals surface area contributed by atoms with Crippen molar-refractivity contribution in [3.05, 3.63) is 30.2 Å². The Morgan fingerprint density at radius 2 is 2.08 bits per heavy atom. The fraction of sp³-hybridized carbons (Fsp3) is 0.333. The number of imide groups is 1. The van der Waals surface area contributed by atoms with Gasteiger partial charge in [0, 0.05) is 0 Å². The summed E-state index contributed by atoms with van der Waals surface area (Å²) in [6.45, 7) is 1.84. The van der Waals surface area contributed by atoms with E-state index in [2.05, 4.69) is 20.3 Å². The van der Waals surface area contributed by atoms with Crippen LogP contribution >= 0.6 is 11.8 Å². The topological polar surface area (TPSA) is 113 Å². The van der Waals surface area contributed by atoms with E-state index in [4.69, 9.17) is 13.9 Å². The number of fused-ring (bicyclic) bond motifs is 1. The highest BCUT2D eigenvalue weighted by atomic mass is 32.2. The predicted octanol–water partition coefficient (Wildman–Crippen LogP) is 1.95. The van der Waals surface area contributed by atoms with E-state index in [9.17, 15) is 9.59 Å². The summed E-state index contributed by atoms with van der Waals surface area (Å²) in [5.41, 5.74) is 0. The van der Waals surface area contributed by atoms with Crippen LogP contribution in [0.3, 0.4) is 0 Å². The summed E-state index contributed by atoms with van der Waals surface area (Å²) >= 11 is 1.02. The zero-order valence-electron chi connectivity index (χ0n) is 13.4. The van der Waals surface area contributed by atoms with Crippen molar-refractivity contribution in [2.24, 2.45) is 0 Å². The van der Waals surface area contributed by atoms with Crippen molar-refractivity contribution in [3.8, 4) is 11.5 Å². The van der Waals surface area contributed by atoms with Crippen molar-refractivity contribution in [2.45, 2.75) is 23.5 Å². The minimum absolute atomic E-state index is 0.185. The number of amides is 2. The van der Waals surface area contributed by atoms with Crippen LogP contribution in [0, 0.1) is 0 Å². The Kier molecular flexibility index (Phi) is 5.08. The van der Waals surface area contributed by atoms with Gasteiger partial charge < -0.3 is 18.6 Å². The number of nitrogens with one attached hydrogen (secondary N) is 1. The Balaban J connectivity index is 1.61. The van der Waals surface area contributed by atoms with Crippen LogP contribution in [0.5, 0.6) is 11.5 Å². The van der Waals surface area contributed by atoms with Crippen LogP contribution in [0.15, 0.2) is 33.9 Å². The lowest BCUT2D eigenvalue weighted by Crippen LogP contribution is -2.35. The first kappa shape index (κ1) is 17.1. The number of aromatic nitrogens is 2. The zero-order chi connectivity index (χ0) is 17.8. The van der Waals surface area contributed by atoms with E-state index < -0.39 is 23.4 Å². The smallest absolute Gasteiger partial charge is 0.413 e. The van der Waals surface area contributed by atoms with Gasteiger partial charge in [-0.3, -0.25) is 10.1 Å². The van der Waals surface area contributed by atoms with Gasteiger partial charge in [0.25, 0.3) is 11.1 Å². The number of nitrogens with zero attached hydrogens (tertiary/aromatic N) is 2. The molecule has 1 aromatic carbocycles. The Labute approximate surface area is 147 Å². The number of methoxy groups -OCH3 is 1. The van der Waals surface area contributed by atoms with Gasteiger partial charge in [0.05, 0.1) is 12.4 Å². The molecule has 2 aromatic rings. The molecule has 9 nitrogen and oxygen atoms in total. The fourth-order valence-electron chi connectivity index (χ4n) is 2.00. The molecule has 3 rings (SSSR count). The number of hydrogen-bond donors (Lipinski definition) is 1. The van der Waals surface area contributed by atoms with Crippen LogP contribution in [-0.4, -0.2) is 41.2 Å². The Morgan fingerprint density at radius 1 is 1.32 bits per heavy atom. The highest BCUT2D eigenvalue weighted by Gasteiger charge is 2.28. The molecule has 0 fully saturated rings. The number of ether oxygens (including phenoxy) is 3. The molecule has 1 aliphatic rings. The van der Waals surface area contributed by atoms with Gasteiger partial charge >= 0.3 is 6.09 Å². The molecule has 10 heteroatoms. The summed E-state index contributed by atoms with van der Waals surface area (Å²) < 4.78 is 21.3. The maximum Gasteiger partial charge on any atom is 0.413 e. The van der Waals surface area contributed by atoms with Gasteiger partial charge in [-0.1, -0.05) is 23.9 Å². The van der Waals surface area contributed by atoms with Crippen LogP contribution in [0.2, 0.25) is 0 Å². The minimum atomic E-state index is -0.824. The minimum Gasteiger partial charge on any atom is -0.485 e. The van der Waals surface area contributed by atoms with Gasteiger partial charge in [0.15, 0.2) is 11.5 Å². The average molecular weight is 365 g/mol. The molecule has 0 spiro atoms. The molecule has 0 radical (unpaired) electrons. The first-order valence-electron chi connectivity index (χ1n) is 7.34. The Hall–Kier alpha value is -2.75. The van der Waals surface area contributed by atoms with Crippen molar-refractivity contribution >= 4 is 23.8 Å². The highest BCUT2D eigenvalue weighted by Crippen LogP contribution is 2.36. The third kappa shape index (κ3) is 4.02. The van der Waals surface area contributed by atoms with E-state index in [1.54, 1.807) is 13.0 Å². The van der Waals surface area contributed by atoms with Crippen molar-refractivity contribution in [1.82, 2.24) is 15.5 Å². The molecule has 2 heterocycles. The number of thioether (sulfide) groups is 1. The molecule has 0 saturated heterocycles. The molecular weight excluding hydrogens is 350 g/mol. The molecule has 1 aromatic heterocycles. The number of benzene rings is 1. The van der Waals surface area contributed by atoms with Crippen LogP contribution in [-0.2, 0) is 9.53 Å². The maximum atomic E-state index is 11.8. The second-order valence-electron chi connectivity index (χ2n) is 5.01. The first-order valence-corrected chi connectivity index (χ1v) is 8.22. The van der Waals surface area contributed by atoms with Gasteiger partial charge in [0.1, 0.15) is 6.61 Å². The Morgan fingerprint density at radius 3 is 2.84 bits per heavy atom. The molecular formula is C15H15N3O6S. The maximum absolute atomic E-state index is 11.8. The summed E-state index contributed by atoms with van der Waals surface area (Å²) in [6, 6.07) is 7.28. The van der Waals surface area contributed by atoms with E-state index in [-0.39, 0.29) is 17.7 Å². The molecule has 0 aliphatic carbocycles. The lowest BCUT2D eigenvalue weighted by atomic mass is 10.2. The van der Waals surface area contributed by atoms with Crippen LogP contribution < -0.4 is 14.8 Å². The Bertz CT molecular complexity index is 780. The monoisotopic (exact) mass is 365 g/mol. The van der Waals surface area contributed by atoms with E-state index in [1.807, 2.05) is 18.2 Å². The summed E-state index contributed by atoms with van der Waals surface area (Å²) in [4.78, 5) is 22.8.